The van der Waals surface area contributed by atoms with Crippen molar-refractivity contribution in [3.63, 3.8) is 0 Å². The normalized spacial score (nSPS) is 10.8. The zero-order valence-electron chi connectivity index (χ0n) is 13.9. The van der Waals surface area contributed by atoms with E-state index in [1.165, 1.54) is 28.5 Å². The highest BCUT2D eigenvalue weighted by Crippen LogP contribution is 2.22. The molecule has 5 heteroatoms. The van der Waals surface area contributed by atoms with Crippen molar-refractivity contribution in [2.75, 3.05) is 0 Å². The first kappa shape index (κ1) is 16.6. The molecule has 4 nitrogen and oxygen atoms in total. The Hall–Kier alpha value is -2.27. The van der Waals surface area contributed by atoms with Gasteiger partial charge in [-0.2, -0.15) is 0 Å². The Balaban J connectivity index is 1.50. The number of rotatable bonds is 7. The third-order valence-corrected chi connectivity index (χ3v) is 4.51. The lowest BCUT2D eigenvalue weighted by molar-refractivity contribution is 0.252. The van der Waals surface area contributed by atoms with Crippen LogP contribution in [0.5, 0.6) is 5.75 Å². The van der Waals surface area contributed by atoms with Crippen LogP contribution in [0.4, 0.5) is 0 Å². The second-order valence-electron chi connectivity index (χ2n) is 5.52. The summed E-state index contributed by atoms with van der Waals surface area (Å²) in [5.74, 6) is 2.10. The molecule has 0 unspecified atom stereocenters. The average molecular weight is 340 g/mol. The average Bonchev–Trinajstić information content (AvgIpc) is 3.08. The van der Waals surface area contributed by atoms with E-state index in [1.807, 2.05) is 12.1 Å². The molecule has 0 aliphatic carbocycles. The second kappa shape index (κ2) is 8.02. The van der Waals surface area contributed by atoms with E-state index in [2.05, 4.69) is 60.4 Å². The van der Waals surface area contributed by atoms with Crippen LogP contribution in [0.25, 0.3) is 0 Å². The number of hydrogen-bond donors (Lipinski definition) is 0. The van der Waals surface area contributed by atoms with Crippen LogP contribution in [-0.2, 0) is 18.8 Å². The molecule has 124 valence electrons. The SMILES string of the molecule is CCc1ccc(OCc2nnc(SCc3ccc(C)cc3)o2)cc1. The highest BCUT2D eigenvalue weighted by atomic mass is 32.2. The molecule has 24 heavy (non-hydrogen) atoms. The number of thioether (sulfide) groups is 1. The van der Waals surface area contributed by atoms with Crippen molar-refractivity contribution < 1.29 is 9.15 Å². The summed E-state index contributed by atoms with van der Waals surface area (Å²) in [6.45, 7) is 4.49. The Labute approximate surface area is 146 Å². The highest BCUT2D eigenvalue weighted by molar-refractivity contribution is 7.98. The van der Waals surface area contributed by atoms with Crippen LogP contribution in [0, 0.1) is 6.92 Å². The van der Waals surface area contributed by atoms with Crippen LogP contribution < -0.4 is 4.74 Å². The van der Waals surface area contributed by atoms with E-state index in [0.717, 1.165) is 17.9 Å². The minimum atomic E-state index is 0.281. The maximum Gasteiger partial charge on any atom is 0.277 e. The molecular weight excluding hydrogens is 320 g/mol. The predicted octanol–water partition coefficient (Wildman–Crippen LogP) is 4.81. The maximum absolute atomic E-state index is 5.68. The van der Waals surface area contributed by atoms with E-state index in [4.69, 9.17) is 9.15 Å². The maximum atomic E-state index is 5.68. The lowest BCUT2D eigenvalue weighted by Crippen LogP contribution is -1.95. The van der Waals surface area contributed by atoms with Crippen molar-refractivity contribution in [3.05, 3.63) is 71.1 Å². The summed E-state index contributed by atoms with van der Waals surface area (Å²) in [7, 11) is 0. The van der Waals surface area contributed by atoms with Crippen molar-refractivity contribution in [1.82, 2.24) is 10.2 Å². The molecule has 0 saturated carbocycles. The van der Waals surface area contributed by atoms with E-state index in [0.29, 0.717) is 11.1 Å². The summed E-state index contributed by atoms with van der Waals surface area (Å²) < 4.78 is 11.3. The lowest BCUT2D eigenvalue weighted by Gasteiger charge is -2.03. The van der Waals surface area contributed by atoms with Gasteiger partial charge in [-0.1, -0.05) is 60.6 Å². The predicted molar refractivity (Wildman–Crippen MR) is 95.2 cm³/mol. The lowest BCUT2D eigenvalue weighted by atomic mass is 10.2. The molecule has 0 radical (unpaired) electrons. The van der Waals surface area contributed by atoms with Gasteiger partial charge in [0.2, 0.25) is 0 Å². The van der Waals surface area contributed by atoms with Gasteiger partial charge in [0.15, 0.2) is 6.61 Å². The van der Waals surface area contributed by atoms with Gasteiger partial charge < -0.3 is 9.15 Å². The molecule has 3 rings (SSSR count). The van der Waals surface area contributed by atoms with Crippen molar-refractivity contribution in [2.24, 2.45) is 0 Å². The molecule has 0 spiro atoms. The number of hydrogen-bond acceptors (Lipinski definition) is 5. The second-order valence-corrected chi connectivity index (χ2v) is 6.45. The van der Waals surface area contributed by atoms with Gasteiger partial charge in [-0.05, 0) is 36.6 Å². The Morgan fingerprint density at radius 3 is 2.38 bits per heavy atom. The molecule has 0 aliphatic rings. The van der Waals surface area contributed by atoms with E-state index >= 15 is 0 Å². The molecule has 0 amide bonds. The largest absolute Gasteiger partial charge is 0.484 e. The molecule has 2 aromatic carbocycles. The molecule has 0 atom stereocenters. The summed E-state index contributed by atoms with van der Waals surface area (Å²) >= 11 is 1.53. The van der Waals surface area contributed by atoms with Crippen LogP contribution in [0.15, 0.2) is 58.2 Å². The van der Waals surface area contributed by atoms with Crippen molar-refractivity contribution in [1.29, 1.82) is 0 Å². The third kappa shape index (κ3) is 4.61. The van der Waals surface area contributed by atoms with Crippen molar-refractivity contribution >= 4 is 11.8 Å². The smallest absolute Gasteiger partial charge is 0.277 e. The van der Waals surface area contributed by atoms with Crippen LogP contribution >= 0.6 is 11.8 Å². The van der Waals surface area contributed by atoms with Gasteiger partial charge >= 0.3 is 0 Å². The molecule has 0 saturated heterocycles. The summed E-state index contributed by atoms with van der Waals surface area (Å²) in [6.07, 6.45) is 1.02. The molecule has 0 bridgehead atoms. The van der Waals surface area contributed by atoms with E-state index in [-0.39, 0.29) is 6.61 Å². The van der Waals surface area contributed by atoms with Gasteiger partial charge in [-0.25, -0.2) is 0 Å². The Morgan fingerprint density at radius 1 is 0.958 bits per heavy atom. The standard InChI is InChI=1S/C19H20N2O2S/c1-3-15-8-10-17(11-9-15)22-12-18-20-21-19(23-18)24-13-16-6-4-14(2)5-7-16/h4-11H,3,12-13H2,1-2H3. The quantitative estimate of drug-likeness (QED) is 0.578. The van der Waals surface area contributed by atoms with Crippen LogP contribution in [0.1, 0.15) is 29.5 Å². The first-order chi connectivity index (χ1) is 11.7. The molecule has 3 aromatic rings. The monoisotopic (exact) mass is 340 g/mol. The molecule has 0 fully saturated rings. The van der Waals surface area contributed by atoms with Gasteiger partial charge in [0.1, 0.15) is 5.75 Å². The van der Waals surface area contributed by atoms with E-state index in [9.17, 15) is 0 Å². The van der Waals surface area contributed by atoms with Crippen molar-refractivity contribution in [3.8, 4) is 5.75 Å². The van der Waals surface area contributed by atoms with Gasteiger partial charge in [0.05, 0.1) is 0 Å². The minimum absolute atomic E-state index is 0.281. The summed E-state index contributed by atoms with van der Waals surface area (Å²) in [5.41, 5.74) is 3.78. The highest BCUT2D eigenvalue weighted by Gasteiger charge is 2.08. The fourth-order valence-electron chi connectivity index (χ4n) is 2.15. The van der Waals surface area contributed by atoms with E-state index in [1.54, 1.807) is 0 Å². The summed E-state index contributed by atoms with van der Waals surface area (Å²) in [5, 5.41) is 8.65. The van der Waals surface area contributed by atoms with Crippen LogP contribution in [0.2, 0.25) is 0 Å². The van der Waals surface area contributed by atoms with E-state index < -0.39 is 0 Å². The first-order valence-electron chi connectivity index (χ1n) is 7.95. The Morgan fingerprint density at radius 2 is 1.67 bits per heavy atom. The van der Waals surface area contributed by atoms with Crippen molar-refractivity contribution in [2.45, 2.75) is 37.9 Å². The van der Waals surface area contributed by atoms with Gasteiger partial charge in [-0.15, -0.1) is 10.2 Å². The van der Waals surface area contributed by atoms with Gasteiger partial charge in [-0.3, -0.25) is 0 Å². The molecule has 1 aromatic heterocycles. The van der Waals surface area contributed by atoms with Gasteiger partial charge in [0, 0.05) is 5.75 Å². The fourth-order valence-corrected chi connectivity index (χ4v) is 2.89. The zero-order chi connectivity index (χ0) is 16.8. The zero-order valence-corrected chi connectivity index (χ0v) is 14.7. The number of nitrogens with zero attached hydrogens (tertiary/aromatic N) is 2. The molecule has 0 aliphatic heterocycles. The van der Waals surface area contributed by atoms with Crippen LogP contribution in [-0.4, -0.2) is 10.2 Å². The molecular formula is C19H20N2O2S. The minimum Gasteiger partial charge on any atom is -0.484 e. The summed E-state index contributed by atoms with van der Waals surface area (Å²) in [6, 6.07) is 16.5. The van der Waals surface area contributed by atoms with Gasteiger partial charge in [0.25, 0.3) is 11.1 Å². The van der Waals surface area contributed by atoms with Crippen LogP contribution in [0.3, 0.4) is 0 Å². The topological polar surface area (TPSA) is 48.2 Å². The Kier molecular flexibility index (Phi) is 5.54. The third-order valence-electron chi connectivity index (χ3n) is 3.63. The Bertz CT molecular complexity index is 767. The molecule has 0 N–H and O–H groups in total. The number of benzene rings is 2. The molecule has 1 heterocycles. The number of ether oxygens (including phenoxy) is 1. The number of aryl methyl sites for hydroxylation is 2. The number of aromatic nitrogens is 2. The first-order valence-corrected chi connectivity index (χ1v) is 8.94. The summed E-state index contributed by atoms with van der Waals surface area (Å²) in [4.78, 5) is 0. The fraction of sp³-hybridized carbons (Fsp3) is 0.263.